The van der Waals surface area contributed by atoms with Crippen molar-refractivity contribution in [2.24, 2.45) is 29.1 Å². The van der Waals surface area contributed by atoms with Gasteiger partial charge in [0, 0.05) is 17.9 Å². The van der Waals surface area contributed by atoms with Crippen molar-refractivity contribution >= 4 is 44.7 Å². The molecule has 324 valence electrons. The molecule has 3 saturated carbocycles. The SMILES string of the molecule is CC[C@@]12C[C@H]1CCCCCc1nc3ccc(OC)cc3nc1O[C@H]1CN(C(=O)[C@H](C(C)(C)C)CC(=O)O2)[C@H](C(=O)N[C@]2(C(=O)NS(=O)(=O)C3(C)CC3)C[C@H]2C(F)F)[C@@H]1C. The molecule has 0 spiro atoms. The Balaban J connectivity index is 1.26. The van der Waals surface area contributed by atoms with Gasteiger partial charge in [0.05, 0.1) is 47.7 Å². The maximum absolute atomic E-state index is 14.9. The van der Waals surface area contributed by atoms with Gasteiger partial charge in [0.15, 0.2) is 0 Å². The van der Waals surface area contributed by atoms with Gasteiger partial charge in [-0.25, -0.2) is 27.2 Å². The van der Waals surface area contributed by atoms with Gasteiger partial charge >= 0.3 is 5.97 Å². The van der Waals surface area contributed by atoms with Crippen molar-refractivity contribution in [3.63, 3.8) is 0 Å². The van der Waals surface area contributed by atoms with E-state index in [1.807, 2.05) is 38.5 Å². The number of methoxy groups -OCH3 is 1. The van der Waals surface area contributed by atoms with Crippen molar-refractivity contribution in [3.05, 3.63) is 23.9 Å². The van der Waals surface area contributed by atoms with E-state index in [0.717, 1.165) is 32.1 Å². The number of esters is 1. The highest BCUT2D eigenvalue weighted by Crippen LogP contribution is 2.53. The smallest absolute Gasteiger partial charge is 0.307 e. The number of carbonyl (C=O) groups excluding carboxylic acids is 4. The molecule has 3 aliphatic carbocycles. The van der Waals surface area contributed by atoms with Crippen molar-refractivity contribution in [2.75, 3.05) is 13.7 Å². The number of nitrogens with zero attached hydrogens (tertiary/aromatic N) is 3. The van der Waals surface area contributed by atoms with E-state index in [4.69, 9.17) is 24.2 Å². The van der Waals surface area contributed by atoms with Crippen molar-refractivity contribution in [2.45, 2.75) is 147 Å². The number of fused-ring (bicyclic) bond motifs is 5. The maximum Gasteiger partial charge on any atom is 0.307 e. The summed E-state index contributed by atoms with van der Waals surface area (Å²) in [5, 5.41) is 2.51. The van der Waals surface area contributed by atoms with Gasteiger partial charge in [0.1, 0.15) is 34.7 Å². The number of halogens is 2. The lowest BCUT2D eigenvalue weighted by molar-refractivity contribution is -0.159. The second-order valence-corrected chi connectivity index (χ2v) is 21.0. The number of ether oxygens (including phenoxy) is 3. The molecule has 5 aliphatic rings. The zero-order chi connectivity index (χ0) is 42.9. The first-order valence-corrected chi connectivity index (χ1v) is 22.4. The summed E-state index contributed by atoms with van der Waals surface area (Å²) in [7, 11) is -2.70. The summed E-state index contributed by atoms with van der Waals surface area (Å²) in [5.41, 5.74) is -1.91. The number of amides is 3. The molecule has 1 saturated heterocycles. The Labute approximate surface area is 344 Å². The third-order valence-electron chi connectivity index (χ3n) is 13.7. The van der Waals surface area contributed by atoms with Crippen molar-refractivity contribution < 1.29 is 50.6 Å². The van der Waals surface area contributed by atoms with E-state index in [-0.39, 0.29) is 24.8 Å². The molecule has 2 N–H and O–H groups in total. The molecule has 7 rings (SSSR count). The molecule has 1 aromatic carbocycles. The predicted molar refractivity (Wildman–Crippen MR) is 212 cm³/mol. The number of hydrogen-bond acceptors (Lipinski definition) is 11. The second kappa shape index (κ2) is 15.4. The van der Waals surface area contributed by atoms with Crippen LogP contribution in [0.1, 0.15) is 111 Å². The number of sulfonamides is 1. The Bertz CT molecular complexity index is 2130. The third kappa shape index (κ3) is 8.20. The minimum absolute atomic E-state index is 0.151. The molecule has 8 atom stereocenters. The highest BCUT2D eigenvalue weighted by molar-refractivity contribution is 7.91. The van der Waals surface area contributed by atoms with E-state index in [2.05, 4.69) is 5.32 Å². The van der Waals surface area contributed by atoms with Crippen molar-refractivity contribution in [3.8, 4) is 11.6 Å². The van der Waals surface area contributed by atoms with Crippen molar-refractivity contribution in [1.82, 2.24) is 24.9 Å². The van der Waals surface area contributed by atoms with Gasteiger partial charge in [0.2, 0.25) is 34.1 Å². The Morgan fingerprint density at radius 3 is 2.44 bits per heavy atom. The number of aromatic nitrogens is 2. The van der Waals surface area contributed by atoms with Gasteiger partial charge in [-0.1, -0.05) is 47.5 Å². The summed E-state index contributed by atoms with van der Waals surface area (Å²) in [6.07, 6.45) is 1.26. The van der Waals surface area contributed by atoms with Gasteiger partial charge < -0.3 is 24.4 Å². The number of benzene rings is 1. The van der Waals surface area contributed by atoms with E-state index in [1.54, 1.807) is 26.2 Å². The number of hydrogen-bond donors (Lipinski definition) is 2. The monoisotopic (exact) mass is 845 g/mol. The summed E-state index contributed by atoms with van der Waals surface area (Å²) < 4.78 is 73.8. The third-order valence-corrected chi connectivity index (χ3v) is 15.9. The van der Waals surface area contributed by atoms with Crippen LogP contribution >= 0.6 is 0 Å². The second-order valence-electron chi connectivity index (χ2n) is 18.8. The first-order chi connectivity index (χ1) is 27.7. The molecule has 0 unspecified atom stereocenters. The molecule has 14 nitrogen and oxygen atoms in total. The first-order valence-electron chi connectivity index (χ1n) is 20.9. The summed E-state index contributed by atoms with van der Waals surface area (Å²) in [6.45, 7) is 10.4. The van der Waals surface area contributed by atoms with Crippen LogP contribution < -0.4 is 19.5 Å². The Kier molecular flexibility index (Phi) is 11.2. The molecule has 2 aromatic rings. The minimum Gasteiger partial charge on any atom is -0.497 e. The summed E-state index contributed by atoms with van der Waals surface area (Å²) in [6, 6.07) is 3.96. The average molecular weight is 846 g/mol. The molecule has 59 heavy (non-hydrogen) atoms. The molecule has 0 radical (unpaired) electrons. The molecule has 4 fully saturated rings. The van der Waals surface area contributed by atoms with Crippen LogP contribution in [0.3, 0.4) is 0 Å². The van der Waals surface area contributed by atoms with E-state index in [9.17, 15) is 36.4 Å². The zero-order valence-corrected chi connectivity index (χ0v) is 35.8. The lowest BCUT2D eigenvalue weighted by atomic mass is 9.77. The standard InChI is InChI=1S/C42H57F2N5O9S/c1-8-41-20-24(41)12-10-9-11-13-29-36(46-30-18-25(56-7)14-15-28(30)45-29)57-31-22-49(37(52)26(39(3,4)5)19-32(50)58-41)33(23(31)2)35(51)47-42(21-27(42)34(43)44)38(53)48-59(54,55)40(6)16-17-40/h14-15,18,23-24,26-27,31,33-34H,8-13,16-17,19-22H2,1-7H3,(H,47,51)(H,48,53)/t23-,24-,26-,27+,31+,33+,41-,42-/m1/s1. The Morgan fingerprint density at radius 1 is 1.08 bits per heavy atom. The van der Waals surface area contributed by atoms with Gasteiger partial charge in [0.25, 0.3) is 5.91 Å². The summed E-state index contributed by atoms with van der Waals surface area (Å²) >= 11 is 0. The zero-order valence-electron chi connectivity index (χ0n) is 34.9. The van der Waals surface area contributed by atoms with Crippen molar-refractivity contribution in [1.29, 1.82) is 0 Å². The van der Waals surface area contributed by atoms with Crippen LogP contribution in [-0.2, 0) is 40.4 Å². The van der Waals surface area contributed by atoms with E-state index < -0.39 is 97.8 Å². The summed E-state index contributed by atoms with van der Waals surface area (Å²) in [4.78, 5) is 68.1. The van der Waals surface area contributed by atoms with Gasteiger partial charge in [-0.15, -0.1) is 0 Å². The number of aryl methyl sites for hydroxylation is 1. The first kappa shape index (κ1) is 43.0. The van der Waals surface area contributed by atoms with E-state index in [0.29, 0.717) is 48.2 Å². The molecule has 3 amide bonds. The van der Waals surface area contributed by atoms with Gasteiger partial charge in [-0.3, -0.25) is 23.9 Å². The molecule has 17 heteroatoms. The Morgan fingerprint density at radius 2 is 1.81 bits per heavy atom. The maximum atomic E-state index is 14.9. The number of nitrogens with one attached hydrogen (secondary N) is 2. The summed E-state index contributed by atoms with van der Waals surface area (Å²) in [5.74, 6) is -5.70. The minimum atomic E-state index is -4.24. The molecule has 2 bridgehead atoms. The number of rotatable bonds is 8. The quantitative estimate of drug-likeness (QED) is 0.331. The lowest BCUT2D eigenvalue weighted by Crippen LogP contribution is -2.59. The molecule has 1 aromatic heterocycles. The normalized spacial score (nSPS) is 32.1. The molecular formula is C42H57F2N5O9S. The van der Waals surface area contributed by atoms with Crippen LogP contribution in [0.2, 0.25) is 0 Å². The van der Waals surface area contributed by atoms with Crippen LogP contribution in [0.15, 0.2) is 18.2 Å². The fourth-order valence-electron chi connectivity index (χ4n) is 9.04. The fourth-order valence-corrected chi connectivity index (χ4v) is 10.3. The van der Waals surface area contributed by atoms with Crippen LogP contribution in [-0.4, -0.2) is 95.1 Å². The lowest BCUT2D eigenvalue weighted by Gasteiger charge is -2.35. The number of carbonyl (C=O) groups is 4. The molecule has 3 heterocycles. The average Bonchev–Trinajstić information content (AvgIpc) is 4.12. The van der Waals surface area contributed by atoms with Crippen LogP contribution in [0.5, 0.6) is 11.6 Å². The van der Waals surface area contributed by atoms with Gasteiger partial charge in [-0.2, -0.15) is 0 Å². The predicted octanol–water partition coefficient (Wildman–Crippen LogP) is 5.25. The van der Waals surface area contributed by atoms with Crippen LogP contribution in [0, 0.1) is 29.1 Å². The largest absolute Gasteiger partial charge is 0.497 e. The van der Waals surface area contributed by atoms with Crippen LogP contribution in [0.25, 0.3) is 11.0 Å². The molecule has 2 aliphatic heterocycles. The highest BCUT2D eigenvalue weighted by Gasteiger charge is 2.68. The van der Waals surface area contributed by atoms with Crippen LogP contribution in [0.4, 0.5) is 8.78 Å². The van der Waals surface area contributed by atoms with Gasteiger partial charge in [-0.05, 0) is 75.8 Å². The number of alkyl halides is 2. The topological polar surface area (TPSA) is 183 Å². The fraction of sp³-hybridized carbons (Fsp3) is 0.714. The highest BCUT2D eigenvalue weighted by atomic mass is 32.2. The van der Waals surface area contributed by atoms with E-state index >= 15 is 0 Å². The Hall–Kier alpha value is -4.15. The molecular weight excluding hydrogens is 789 g/mol. The van der Waals surface area contributed by atoms with E-state index in [1.165, 1.54) is 11.8 Å².